The fourth-order valence-electron chi connectivity index (χ4n) is 3.17. The molecule has 13 heavy (non-hydrogen) atoms. The van der Waals surface area contributed by atoms with E-state index in [9.17, 15) is 0 Å². The van der Waals surface area contributed by atoms with E-state index in [-0.39, 0.29) is 0 Å². The lowest BCUT2D eigenvalue weighted by molar-refractivity contribution is 0.453. The topological polar surface area (TPSA) is 0 Å². The molecule has 0 spiro atoms. The third kappa shape index (κ3) is 1.04. The maximum atomic E-state index is 5.70. The highest BCUT2D eigenvalue weighted by Gasteiger charge is 2.71. The van der Waals surface area contributed by atoms with Crippen molar-refractivity contribution in [2.24, 2.45) is 0 Å². The molecular formula is C10H20S3. The molecule has 3 heteroatoms. The van der Waals surface area contributed by atoms with Crippen LogP contribution in [0.3, 0.4) is 0 Å². The number of hydrogen-bond donors (Lipinski definition) is 0. The van der Waals surface area contributed by atoms with Gasteiger partial charge in [0.15, 0.2) is 0 Å². The molecule has 0 N–H and O–H groups in total. The summed E-state index contributed by atoms with van der Waals surface area (Å²) in [5.41, 5.74) is 0. The molecule has 0 unspecified atom stereocenters. The van der Waals surface area contributed by atoms with Crippen molar-refractivity contribution < 1.29 is 0 Å². The first-order valence-electron chi connectivity index (χ1n) is 5.23. The Morgan fingerprint density at radius 3 is 1.08 bits per heavy atom. The van der Waals surface area contributed by atoms with E-state index >= 15 is 0 Å². The SMILES string of the molecule is CCC1(CC)C(CC)(CC)S1(=S)=S. The first-order chi connectivity index (χ1) is 5.99. The molecule has 1 heterocycles. The summed E-state index contributed by atoms with van der Waals surface area (Å²) in [6, 6.07) is 0. The molecule has 1 fully saturated rings. The van der Waals surface area contributed by atoms with E-state index in [4.69, 9.17) is 22.4 Å². The lowest BCUT2D eigenvalue weighted by Gasteiger charge is -2.17. The second kappa shape index (κ2) is 3.42. The van der Waals surface area contributed by atoms with Crippen LogP contribution in [-0.4, -0.2) is 9.49 Å². The minimum Gasteiger partial charge on any atom is -0.0751 e. The Kier molecular flexibility index (Phi) is 3.12. The van der Waals surface area contributed by atoms with Gasteiger partial charge in [0.2, 0.25) is 0 Å². The van der Waals surface area contributed by atoms with E-state index in [1.807, 2.05) is 0 Å². The standard InChI is InChI=1S/C10H20S3/c1-5-9(6-2)10(7-3,8-4)13(9,11)12/h5-8H2,1-4H3. The summed E-state index contributed by atoms with van der Waals surface area (Å²) >= 11 is 11.4. The normalized spacial score (nSPS) is 27.1. The molecule has 1 saturated heterocycles. The highest BCUT2D eigenvalue weighted by atomic mass is 33.1. The fraction of sp³-hybridized carbons (Fsp3) is 1.00. The Bertz CT molecular complexity index is 255. The third-order valence-corrected chi connectivity index (χ3v) is 11.7. The van der Waals surface area contributed by atoms with E-state index < -0.39 is 7.15 Å². The van der Waals surface area contributed by atoms with E-state index in [2.05, 4.69) is 27.7 Å². The fourth-order valence-corrected chi connectivity index (χ4v) is 11.6. The zero-order valence-electron chi connectivity index (χ0n) is 9.05. The van der Waals surface area contributed by atoms with Gasteiger partial charge in [0, 0.05) is 9.49 Å². The third-order valence-electron chi connectivity index (χ3n) is 4.10. The molecular weight excluding hydrogens is 216 g/mol. The summed E-state index contributed by atoms with van der Waals surface area (Å²) in [5.74, 6) is 0. The van der Waals surface area contributed by atoms with Crippen molar-refractivity contribution in [1.82, 2.24) is 0 Å². The lowest BCUT2D eigenvalue weighted by atomic mass is 9.84. The van der Waals surface area contributed by atoms with Gasteiger partial charge in [0.1, 0.15) is 0 Å². The first kappa shape index (κ1) is 11.9. The van der Waals surface area contributed by atoms with Crippen molar-refractivity contribution in [3.05, 3.63) is 0 Å². The van der Waals surface area contributed by atoms with Crippen molar-refractivity contribution in [2.45, 2.75) is 62.9 Å². The van der Waals surface area contributed by atoms with Crippen LogP contribution in [-0.2, 0) is 29.5 Å². The van der Waals surface area contributed by atoms with Crippen LogP contribution < -0.4 is 0 Å². The van der Waals surface area contributed by atoms with Gasteiger partial charge in [-0.3, -0.25) is 0 Å². The summed E-state index contributed by atoms with van der Waals surface area (Å²) in [6.07, 6.45) is 4.75. The molecule has 1 rings (SSSR count). The van der Waals surface area contributed by atoms with E-state index in [1.54, 1.807) is 0 Å². The van der Waals surface area contributed by atoms with Crippen molar-refractivity contribution in [1.29, 1.82) is 0 Å². The Balaban J connectivity index is 3.19. The van der Waals surface area contributed by atoms with Crippen molar-refractivity contribution in [2.75, 3.05) is 0 Å². The molecule has 0 saturated carbocycles. The molecule has 78 valence electrons. The molecule has 0 amide bonds. The average molecular weight is 236 g/mol. The Morgan fingerprint density at radius 2 is 1.00 bits per heavy atom. The van der Waals surface area contributed by atoms with Crippen LogP contribution in [0.4, 0.5) is 0 Å². The van der Waals surface area contributed by atoms with Crippen molar-refractivity contribution in [3.63, 3.8) is 0 Å². The van der Waals surface area contributed by atoms with Crippen LogP contribution in [0.15, 0.2) is 0 Å². The minimum absolute atomic E-state index is 0.355. The summed E-state index contributed by atoms with van der Waals surface area (Å²) in [5, 5.41) is 0. The Morgan fingerprint density at radius 1 is 0.769 bits per heavy atom. The smallest absolute Gasteiger partial charge is 0.0400 e. The second-order valence-electron chi connectivity index (χ2n) is 3.91. The minimum atomic E-state index is -1.16. The summed E-state index contributed by atoms with van der Waals surface area (Å²) < 4.78 is 0.711. The van der Waals surface area contributed by atoms with Gasteiger partial charge in [-0.25, -0.2) is 0 Å². The zero-order valence-corrected chi connectivity index (χ0v) is 11.5. The molecule has 0 atom stereocenters. The molecule has 1 aliphatic rings. The van der Waals surface area contributed by atoms with Gasteiger partial charge in [0.05, 0.1) is 0 Å². The van der Waals surface area contributed by atoms with Gasteiger partial charge < -0.3 is 0 Å². The van der Waals surface area contributed by atoms with Gasteiger partial charge in [0.25, 0.3) is 0 Å². The number of hydrogen-bond acceptors (Lipinski definition) is 2. The maximum Gasteiger partial charge on any atom is 0.0400 e. The molecule has 0 bridgehead atoms. The van der Waals surface area contributed by atoms with Gasteiger partial charge in [-0.2, -0.15) is 0 Å². The van der Waals surface area contributed by atoms with E-state index in [1.165, 1.54) is 25.7 Å². The molecule has 0 radical (unpaired) electrons. The van der Waals surface area contributed by atoms with Crippen LogP contribution in [0.1, 0.15) is 53.4 Å². The first-order valence-corrected chi connectivity index (χ1v) is 8.72. The van der Waals surface area contributed by atoms with Gasteiger partial charge in [-0.15, -0.1) is 0 Å². The molecule has 0 aromatic carbocycles. The van der Waals surface area contributed by atoms with Crippen LogP contribution in [0, 0.1) is 0 Å². The Labute approximate surface area is 92.3 Å². The van der Waals surface area contributed by atoms with Crippen molar-refractivity contribution in [3.8, 4) is 0 Å². The zero-order chi connectivity index (χ0) is 10.3. The average Bonchev–Trinajstić information content (AvgIpc) is 2.56. The van der Waals surface area contributed by atoms with Crippen molar-refractivity contribution >= 4 is 29.5 Å². The molecule has 0 nitrogen and oxygen atoms in total. The van der Waals surface area contributed by atoms with Gasteiger partial charge in [-0.05, 0) is 48.1 Å². The summed E-state index contributed by atoms with van der Waals surface area (Å²) in [4.78, 5) is 0. The predicted molar refractivity (Wildman–Crippen MR) is 68.7 cm³/mol. The number of rotatable bonds is 4. The van der Waals surface area contributed by atoms with E-state index in [0.29, 0.717) is 9.49 Å². The lowest BCUT2D eigenvalue weighted by Crippen LogP contribution is -2.23. The van der Waals surface area contributed by atoms with Crippen LogP contribution >= 0.6 is 0 Å². The molecule has 1 aliphatic heterocycles. The molecule has 0 aromatic rings. The van der Waals surface area contributed by atoms with Gasteiger partial charge in [-0.1, -0.05) is 34.8 Å². The monoisotopic (exact) mass is 236 g/mol. The highest BCUT2D eigenvalue weighted by molar-refractivity contribution is 8.61. The molecule has 0 aromatic heterocycles. The summed E-state index contributed by atoms with van der Waals surface area (Å²) in [6.45, 7) is 9.04. The quantitative estimate of drug-likeness (QED) is 0.688. The van der Waals surface area contributed by atoms with E-state index in [0.717, 1.165) is 0 Å². The highest BCUT2D eigenvalue weighted by Crippen LogP contribution is 2.64. The maximum absolute atomic E-state index is 5.70. The van der Waals surface area contributed by atoms with Crippen LogP contribution in [0.25, 0.3) is 0 Å². The molecule has 0 aliphatic carbocycles. The largest absolute Gasteiger partial charge is 0.0751 e. The predicted octanol–water partition coefficient (Wildman–Crippen LogP) is 3.20. The van der Waals surface area contributed by atoms with Crippen LogP contribution in [0.2, 0.25) is 0 Å². The second-order valence-corrected chi connectivity index (χ2v) is 10.1. The Hall–Kier alpha value is 0.790. The summed E-state index contributed by atoms with van der Waals surface area (Å²) in [7, 11) is -1.16. The van der Waals surface area contributed by atoms with Crippen LogP contribution in [0.5, 0.6) is 0 Å². The van der Waals surface area contributed by atoms with Gasteiger partial charge >= 0.3 is 0 Å².